The number of fused-ring (bicyclic) bond motifs is 1. The predicted octanol–water partition coefficient (Wildman–Crippen LogP) is 3.57. The van der Waals surface area contributed by atoms with Gasteiger partial charge in [0.15, 0.2) is 17.5 Å². The molecule has 5 rings (SSSR count). The number of H-pyrrole nitrogens is 1. The molecule has 3 heterocycles. The average Bonchev–Trinajstić information content (AvgIpc) is 3.30. The van der Waals surface area contributed by atoms with Crippen LogP contribution >= 0.6 is 0 Å². The highest BCUT2D eigenvalue weighted by Crippen LogP contribution is 2.27. The van der Waals surface area contributed by atoms with Crippen LogP contribution in [0.3, 0.4) is 0 Å². The van der Waals surface area contributed by atoms with Crippen LogP contribution in [0.5, 0.6) is 0 Å². The number of anilines is 1. The molecule has 8 nitrogen and oxygen atoms in total. The van der Waals surface area contributed by atoms with Crippen molar-refractivity contribution in [2.45, 2.75) is 18.9 Å². The summed E-state index contributed by atoms with van der Waals surface area (Å²) in [5.41, 5.74) is 9.19. The largest absolute Gasteiger partial charge is 0.382 e. The van der Waals surface area contributed by atoms with Gasteiger partial charge in [0.05, 0.1) is 17.4 Å². The number of carbonyl (C=O) groups is 1. The molecule has 174 valence electrons. The number of hydrogen-bond acceptors (Lipinski definition) is 6. The van der Waals surface area contributed by atoms with Crippen LogP contribution in [0.1, 0.15) is 23.2 Å². The lowest BCUT2D eigenvalue weighted by Crippen LogP contribution is -2.44. The molecule has 0 saturated carbocycles. The molecule has 2 aromatic carbocycles. The molecule has 2 aromatic heterocycles. The van der Waals surface area contributed by atoms with Gasteiger partial charge in [-0.2, -0.15) is 0 Å². The van der Waals surface area contributed by atoms with Crippen molar-refractivity contribution in [2.24, 2.45) is 0 Å². The Labute approximate surface area is 196 Å². The summed E-state index contributed by atoms with van der Waals surface area (Å²) >= 11 is 0. The molecular weight excluding hydrogens is 433 g/mol. The number of nitrogen functional groups attached to an aromatic ring is 1. The summed E-state index contributed by atoms with van der Waals surface area (Å²) in [4.78, 5) is 33.3. The van der Waals surface area contributed by atoms with E-state index in [-0.39, 0.29) is 17.2 Å². The highest BCUT2D eigenvalue weighted by Gasteiger charge is 2.24. The number of nitrogens with zero attached hydrogens (tertiary/aromatic N) is 5. The van der Waals surface area contributed by atoms with Crippen LogP contribution < -0.4 is 5.73 Å². The lowest BCUT2D eigenvalue weighted by atomic mass is 10.0. The summed E-state index contributed by atoms with van der Waals surface area (Å²) < 4.78 is 14.1. The maximum absolute atomic E-state index is 14.1. The topological polar surface area (TPSA) is 104 Å². The molecule has 0 aliphatic carbocycles. The van der Waals surface area contributed by atoms with Crippen molar-refractivity contribution in [1.82, 2.24) is 29.7 Å². The first-order valence-electron chi connectivity index (χ1n) is 11.2. The number of halogens is 1. The molecule has 1 amide bonds. The lowest BCUT2D eigenvalue weighted by molar-refractivity contribution is 0.0663. The highest BCUT2D eigenvalue weighted by atomic mass is 19.1. The molecule has 1 fully saturated rings. The zero-order chi connectivity index (χ0) is 23.8. The number of piperidine rings is 1. The average molecular weight is 460 g/mol. The summed E-state index contributed by atoms with van der Waals surface area (Å²) in [6.07, 6.45) is 3.53. The van der Waals surface area contributed by atoms with Gasteiger partial charge in [-0.05, 0) is 51.2 Å². The minimum atomic E-state index is -0.422. The number of likely N-dealkylation sites (tertiary alicyclic amines) is 1. The third-order valence-electron chi connectivity index (χ3n) is 6.40. The second kappa shape index (κ2) is 8.83. The van der Waals surface area contributed by atoms with E-state index in [1.165, 1.54) is 6.07 Å². The lowest BCUT2D eigenvalue weighted by Gasteiger charge is -2.35. The first-order valence-corrected chi connectivity index (χ1v) is 11.2. The molecule has 0 radical (unpaired) electrons. The SMILES string of the molecule is CN(C)C1CCN(C(=O)c2ccc(-c3cnc(N)c(-c4nc5c(F)cccc5[nH]4)n3)cc2)CC1. The maximum Gasteiger partial charge on any atom is 0.253 e. The van der Waals surface area contributed by atoms with Gasteiger partial charge in [0, 0.05) is 30.3 Å². The highest BCUT2D eigenvalue weighted by molar-refractivity contribution is 5.94. The minimum absolute atomic E-state index is 0.0390. The van der Waals surface area contributed by atoms with Crippen molar-refractivity contribution in [3.63, 3.8) is 0 Å². The Hall–Kier alpha value is -3.85. The van der Waals surface area contributed by atoms with E-state index in [0.717, 1.165) is 31.5 Å². The standard InChI is InChI=1S/C25H26FN7O/c1-32(2)17-10-12-33(13-11-17)25(34)16-8-6-15(7-9-16)20-14-28-23(27)22(29-20)24-30-19-5-3-4-18(26)21(19)31-24/h3-9,14,17H,10-13H2,1-2H3,(H2,27,28)(H,30,31). The smallest absolute Gasteiger partial charge is 0.253 e. The summed E-state index contributed by atoms with van der Waals surface area (Å²) in [5.74, 6) is 0.155. The molecule has 0 unspecified atom stereocenters. The fourth-order valence-corrected chi connectivity index (χ4v) is 4.37. The van der Waals surface area contributed by atoms with Crippen LogP contribution in [0, 0.1) is 5.82 Å². The van der Waals surface area contributed by atoms with Crippen molar-refractivity contribution in [1.29, 1.82) is 0 Å². The number of aromatic nitrogens is 4. The maximum atomic E-state index is 14.1. The second-order valence-corrected chi connectivity index (χ2v) is 8.77. The van der Waals surface area contributed by atoms with E-state index in [2.05, 4.69) is 38.9 Å². The molecule has 1 aliphatic heterocycles. The Kier molecular flexibility index (Phi) is 5.70. The van der Waals surface area contributed by atoms with E-state index in [1.54, 1.807) is 18.3 Å². The van der Waals surface area contributed by atoms with Crippen LogP contribution in [0.15, 0.2) is 48.7 Å². The van der Waals surface area contributed by atoms with E-state index >= 15 is 0 Å². The van der Waals surface area contributed by atoms with Crippen LogP contribution in [0.2, 0.25) is 0 Å². The fourth-order valence-electron chi connectivity index (χ4n) is 4.37. The van der Waals surface area contributed by atoms with E-state index in [4.69, 9.17) is 5.73 Å². The first-order chi connectivity index (χ1) is 16.4. The molecule has 9 heteroatoms. The van der Waals surface area contributed by atoms with Gasteiger partial charge in [-0.25, -0.2) is 19.3 Å². The first kappa shape index (κ1) is 22.0. The van der Waals surface area contributed by atoms with Crippen molar-refractivity contribution >= 4 is 22.8 Å². The molecule has 1 saturated heterocycles. The Morgan fingerprint density at radius 3 is 2.53 bits per heavy atom. The third-order valence-corrected chi connectivity index (χ3v) is 6.40. The van der Waals surface area contributed by atoms with E-state index in [0.29, 0.717) is 34.3 Å². The van der Waals surface area contributed by atoms with Gasteiger partial charge < -0.3 is 20.5 Å². The third kappa shape index (κ3) is 4.10. The normalized spacial score (nSPS) is 14.8. The molecule has 0 atom stereocenters. The molecule has 4 aromatic rings. The van der Waals surface area contributed by atoms with Gasteiger partial charge in [-0.1, -0.05) is 18.2 Å². The number of nitrogens with two attached hydrogens (primary N) is 1. The summed E-state index contributed by atoms with van der Waals surface area (Å²) in [6, 6.07) is 12.5. The van der Waals surface area contributed by atoms with E-state index < -0.39 is 5.82 Å². The molecule has 1 aliphatic rings. The predicted molar refractivity (Wildman–Crippen MR) is 130 cm³/mol. The second-order valence-electron chi connectivity index (χ2n) is 8.77. The van der Waals surface area contributed by atoms with Crippen molar-refractivity contribution in [2.75, 3.05) is 32.9 Å². The van der Waals surface area contributed by atoms with Gasteiger partial charge >= 0.3 is 0 Å². The Morgan fingerprint density at radius 2 is 1.85 bits per heavy atom. The van der Waals surface area contributed by atoms with Crippen molar-refractivity contribution in [3.05, 3.63) is 60.0 Å². The number of amides is 1. The molecule has 34 heavy (non-hydrogen) atoms. The van der Waals surface area contributed by atoms with Gasteiger partial charge in [0.25, 0.3) is 5.91 Å². The van der Waals surface area contributed by atoms with E-state index in [9.17, 15) is 9.18 Å². The van der Waals surface area contributed by atoms with Gasteiger partial charge in [-0.15, -0.1) is 0 Å². The quantitative estimate of drug-likeness (QED) is 0.484. The monoisotopic (exact) mass is 459 g/mol. The minimum Gasteiger partial charge on any atom is -0.382 e. The molecule has 3 N–H and O–H groups in total. The molecule has 0 bridgehead atoms. The van der Waals surface area contributed by atoms with Crippen LogP contribution in [0.4, 0.5) is 10.2 Å². The fraction of sp³-hybridized carbons (Fsp3) is 0.280. The van der Waals surface area contributed by atoms with Crippen LogP contribution in [-0.2, 0) is 0 Å². The summed E-state index contributed by atoms with van der Waals surface area (Å²) in [7, 11) is 4.16. The van der Waals surface area contributed by atoms with E-state index in [1.807, 2.05) is 29.2 Å². The zero-order valence-corrected chi connectivity index (χ0v) is 19.1. The number of carbonyl (C=O) groups excluding carboxylic acids is 1. The van der Waals surface area contributed by atoms with Gasteiger partial charge in [-0.3, -0.25) is 4.79 Å². The number of benzene rings is 2. The van der Waals surface area contributed by atoms with Gasteiger partial charge in [0.1, 0.15) is 11.2 Å². The molecular formula is C25H26FN7O. The molecule has 0 spiro atoms. The Bertz CT molecular complexity index is 1340. The van der Waals surface area contributed by atoms with Crippen molar-refractivity contribution in [3.8, 4) is 22.8 Å². The number of hydrogen-bond donors (Lipinski definition) is 2. The number of para-hydroxylation sites is 1. The summed E-state index contributed by atoms with van der Waals surface area (Å²) in [6.45, 7) is 1.52. The zero-order valence-electron chi connectivity index (χ0n) is 19.1. The van der Waals surface area contributed by atoms with Crippen molar-refractivity contribution < 1.29 is 9.18 Å². The Morgan fingerprint density at radius 1 is 1.12 bits per heavy atom. The number of imidazole rings is 1. The van der Waals surface area contributed by atoms with Gasteiger partial charge in [0.2, 0.25) is 0 Å². The van der Waals surface area contributed by atoms with Crippen LogP contribution in [0.25, 0.3) is 33.8 Å². The number of rotatable bonds is 4. The summed E-state index contributed by atoms with van der Waals surface area (Å²) in [5, 5.41) is 0. The van der Waals surface area contributed by atoms with Crippen LogP contribution in [-0.4, -0.2) is 68.9 Å². The number of aromatic amines is 1. The Balaban J connectivity index is 1.37. The number of nitrogens with one attached hydrogen (secondary N) is 1.